The molecule has 54 valence electrons. The van der Waals surface area contributed by atoms with Crippen LogP contribution in [0.3, 0.4) is 0 Å². The molecule has 3 heteroatoms. The van der Waals surface area contributed by atoms with E-state index in [1.54, 1.807) is 0 Å². The molecule has 0 aliphatic carbocycles. The van der Waals surface area contributed by atoms with E-state index in [0.717, 1.165) is 23.3 Å². The fourth-order valence-electron chi connectivity index (χ4n) is 1.05. The van der Waals surface area contributed by atoms with Gasteiger partial charge in [-0.05, 0) is 34.8 Å². The molecule has 1 heterocycles. The molecular weight excluding hydrogens is 168 g/mol. The molecule has 0 radical (unpaired) electrons. The average molecular weight is 180 g/mol. The van der Waals surface area contributed by atoms with Gasteiger partial charge in [-0.15, -0.1) is 0 Å². The van der Waals surface area contributed by atoms with Gasteiger partial charge in [0.05, 0.1) is 0 Å². The maximum Gasteiger partial charge on any atom is -0.00280 e. The highest BCUT2D eigenvalue weighted by molar-refractivity contribution is 7.99. The second-order valence-electron chi connectivity index (χ2n) is 2.42. The first-order valence-corrected chi connectivity index (χ1v) is 5.60. The Hall–Kier alpha value is 1.05. The SMILES string of the molecule is SCC1CSCC1CS. The van der Waals surface area contributed by atoms with Crippen LogP contribution in [0.2, 0.25) is 0 Å². The predicted molar refractivity (Wildman–Crippen MR) is 52.0 cm³/mol. The zero-order valence-corrected chi connectivity index (χ0v) is 7.89. The molecule has 0 saturated carbocycles. The van der Waals surface area contributed by atoms with Crippen LogP contribution in [0.4, 0.5) is 0 Å². The first-order chi connectivity index (χ1) is 4.38. The molecule has 0 spiro atoms. The Kier molecular flexibility index (Phi) is 3.66. The molecule has 1 aliphatic heterocycles. The van der Waals surface area contributed by atoms with Crippen molar-refractivity contribution < 1.29 is 0 Å². The third-order valence-electron chi connectivity index (χ3n) is 1.80. The lowest BCUT2D eigenvalue weighted by molar-refractivity contribution is 0.512. The molecule has 2 unspecified atom stereocenters. The van der Waals surface area contributed by atoms with E-state index in [0.29, 0.717) is 0 Å². The summed E-state index contributed by atoms with van der Waals surface area (Å²) in [6.45, 7) is 0. The highest BCUT2D eigenvalue weighted by Gasteiger charge is 2.24. The van der Waals surface area contributed by atoms with E-state index in [4.69, 9.17) is 0 Å². The maximum atomic E-state index is 4.28. The second kappa shape index (κ2) is 4.04. The van der Waals surface area contributed by atoms with E-state index in [1.807, 2.05) is 11.8 Å². The molecule has 0 N–H and O–H groups in total. The summed E-state index contributed by atoms with van der Waals surface area (Å²) in [5.74, 6) is 6.34. The lowest BCUT2D eigenvalue weighted by Crippen LogP contribution is -2.14. The van der Waals surface area contributed by atoms with E-state index >= 15 is 0 Å². The van der Waals surface area contributed by atoms with Gasteiger partial charge in [0.25, 0.3) is 0 Å². The summed E-state index contributed by atoms with van der Waals surface area (Å²) in [5.41, 5.74) is 0. The van der Waals surface area contributed by atoms with Crippen molar-refractivity contribution >= 4 is 37.0 Å². The Morgan fingerprint density at radius 3 is 1.89 bits per heavy atom. The summed E-state index contributed by atoms with van der Waals surface area (Å²) in [5, 5.41) is 0. The Morgan fingerprint density at radius 2 is 1.56 bits per heavy atom. The van der Waals surface area contributed by atoms with E-state index in [9.17, 15) is 0 Å². The van der Waals surface area contributed by atoms with Crippen molar-refractivity contribution in [2.45, 2.75) is 0 Å². The summed E-state index contributed by atoms with van der Waals surface area (Å²) < 4.78 is 0. The van der Waals surface area contributed by atoms with Crippen molar-refractivity contribution in [3.05, 3.63) is 0 Å². The van der Waals surface area contributed by atoms with Gasteiger partial charge in [-0.2, -0.15) is 37.0 Å². The van der Waals surface area contributed by atoms with Gasteiger partial charge in [-0.3, -0.25) is 0 Å². The standard InChI is InChI=1S/C6H12S3/c7-1-5-3-9-4-6(5)2-8/h5-8H,1-4H2. The largest absolute Gasteiger partial charge is 0.179 e. The van der Waals surface area contributed by atoms with Gasteiger partial charge in [-0.1, -0.05) is 0 Å². The van der Waals surface area contributed by atoms with Crippen LogP contribution in [0.5, 0.6) is 0 Å². The molecule has 0 aromatic heterocycles. The molecule has 0 nitrogen and oxygen atoms in total. The fraction of sp³-hybridized carbons (Fsp3) is 1.00. The van der Waals surface area contributed by atoms with Crippen LogP contribution < -0.4 is 0 Å². The fourth-order valence-corrected chi connectivity index (χ4v) is 3.77. The number of thiol groups is 2. The average Bonchev–Trinajstić information content (AvgIpc) is 2.33. The molecule has 0 aromatic carbocycles. The van der Waals surface area contributed by atoms with Crippen LogP contribution in [-0.2, 0) is 0 Å². The molecule has 2 atom stereocenters. The first kappa shape index (κ1) is 8.15. The van der Waals surface area contributed by atoms with Crippen molar-refractivity contribution in [2.75, 3.05) is 23.0 Å². The molecule has 1 aliphatic rings. The monoisotopic (exact) mass is 180 g/mol. The van der Waals surface area contributed by atoms with Gasteiger partial charge >= 0.3 is 0 Å². The normalized spacial score (nSPS) is 35.3. The number of hydrogen-bond donors (Lipinski definition) is 2. The van der Waals surface area contributed by atoms with Crippen LogP contribution >= 0.6 is 37.0 Å². The van der Waals surface area contributed by atoms with Gasteiger partial charge in [0, 0.05) is 0 Å². The van der Waals surface area contributed by atoms with Crippen molar-refractivity contribution in [3.8, 4) is 0 Å². The Bertz CT molecular complexity index is 74.4. The Labute approximate surface area is 72.0 Å². The van der Waals surface area contributed by atoms with Crippen molar-refractivity contribution in [1.29, 1.82) is 0 Å². The van der Waals surface area contributed by atoms with Gasteiger partial charge in [-0.25, -0.2) is 0 Å². The molecule has 0 aromatic rings. The minimum atomic E-state index is 0.829. The lowest BCUT2D eigenvalue weighted by atomic mass is 10.0. The third kappa shape index (κ3) is 1.99. The zero-order chi connectivity index (χ0) is 6.69. The third-order valence-corrected chi connectivity index (χ3v) is 4.07. The van der Waals surface area contributed by atoms with E-state index in [1.165, 1.54) is 11.5 Å². The minimum absolute atomic E-state index is 0.829. The van der Waals surface area contributed by atoms with Crippen LogP contribution in [0.25, 0.3) is 0 Å². The smallest absolute Gasteiger partial charge is 0.00280 e. The number of thioether (sulfide) groups is 1. The summed E-state index contributed by atoms with van der Waals surface area (Å²) >= 11 is 10.6. The summed E-state index contributed by atoms with van der Waals surface area (Å²) in [4.78, 5) is 0. The summed E-state index contributed by atoms with van der Waals surface area (Å²) in [7, 11) is 0. The molecule has 1 rings (SSSR count). The first-order valence-electron chi connectivity index (χ1n) is 3.18. The van der Waals surface area contributed by atoms with E-state index in [2.05, 4.69) is 25.3 Å². The highest BCUT2D eigenvalue weighted by Crippen LogP contribution is 2.30. The van der Waals surface area contributed by atoms with Crippen LogP contribution in [0.1, 0.15) is 0 Å². The number of rotatable bonds is 2. The summed E-state index contributed by atoms with van der Waals surface area (Å²) in [6, 6.07) is 0. The minimum Gasteiger partial charge on any atom is -0.179 e. The van der Waals surface area contributed by atoms with Crippen LogP contribution in [0, 0.1) is 11.8 Å². The van der Waals surface area contributed by atoms with Crippen LogP contribution in [-0.4, -0.2) is 23.0 Å². The summed E-state index contributed by atoms with van der Waals surface area (Å²) in [6.07, 6.45) is 0. The Morgan fingerprint density at radius 1 is 1.11 bits per heavy atom. The van der Waals surface area contributed by atoms with Gasteiger partial charge in [0.2, 0.25) is 0 Å². The van der Waals surface area contributed by atoms with E-state index < -0.39 is 0 Å². The van der Waals surface area contributed by atoms with Gasteiger partial charge in [0.15, 0.2) is 0 Å². The molecule has 0 bridgehead atoms. The van der Waals surface area contributed by atoms with Gasteiger partial charge < -0.3 is 0 Å². The van der Waals surface area contributed by atoms with Crippen molar-refractivity contribution in [2.24, 2.45) is 11.8 Å². The quantitative estimate of drug-likeness (QED) is 0.611. The molecular formula is C6H12S3. The molecule has 0 amide bonds. The second-order valence-corrected chi connectivity index (χ2v) is 4.23. The molecule has 1 fully saturated rings. The lowest BCUT2D eigenvalue weighted by Gasteiger charge is -2.12. The zero-order valence-electron chi connectivity index (χ0n) is 5.29. The van der Waals surface area contributed by atoms with Crippen molar-refractivity contribution in [1.82, 2.24) is 0 Å². The van der Waals surface area contributed by atoms with Gasteiger partial charge in [0.1, 0.15) is 0 Å². The molecule has 9 heavy (non-hydrogen) atoms. The number of hydrogen-bond acceptors (Lipinski definition) is 3. The maximum absolute atomic E-state index is 4.28. The molecule has 1 saturated heterocycles. The predicted octanol–water partition coefficient (Wildman–Crippen LogP) is 1.83. The topological polar surface area (TPSA) is 0 Å². The highest BCUT2D eigenvalue weighted by atomic mass is 32.2. The Balaban J connectivity index is 2.32. The van der Waals surface area contributed by atoms with Crippen LogP contribution in [0.15, 0.2) is 0 Å². The van der Waals surface area contributed by atoms with E-state index in [-0.39, 0.29) is 0 Å². The van der Waals surface area contributed by atoms with Crippen molar-refractivity contribution in [3.63, 3.8) is 0 Å².